The van der Waals surface area contributed by atoms with E-state index in [4.69, 9.17) is 11.6 Å². The van der Waals surface area contributed by atoms with E-state index in [1.807, 2.05) is 0 Å². The average Bonchev–Trinajstić information content (AvgIpc) is 3.02. The minimum atomic E-state index is 0.570. The van der Waals surface area contributed by atoms with Gasteiger partial charge >= 0.3 is 0 Å². The topological polar surface area (TPSA) is 53.1 Å². The van der Waals surface area contributed by atoms with E-state index in [1.165, 1.54) is 25.7 Å². The highest BCUT2D eigenvalue weighted by Crippen LogP contribution is 2.22. The highest BCUT2D eigenvalue weighted by molar-refractivity contribution is 6.32. The minimum Gasteiger partial charge on any atom is -0.367 e. The zero-order valence-corrected chi connectivity index (χ0v) is 13.8. The summed E-state index contributed by atoms with van der Waals surface area (Å²) in [6.07, 6.45) is 8.08. The summed E-state index contributed by atoms with van der Waals surface area (Å²) in [5.41, 5.74) is 0. The molecular weight excluding hydrogens is 286 g/mol. The Hall–Kier alpha value is -1.07. The molecule has 1 aromatic rings. The molecule has 0 aromatic carbocycles. The molecular formula is C15H26ClN5. The van der Waals surface area contributed by atoms with Crippen molar-refractivity contribution in [3.63, 3.8) is 0 Å². The van der Waals surface area contributed by atoms with Gasteiger partial charge in [0, 0.05) is 25.7 Å². The molecule has 1 aromatic heterocycles. The van der Waals surface area contributed by atoms with Crippen LogP contribution in [0.3, 0.4) is 0 Å². The van der Waals surface area contributed by atoms with Gasteiger partial charge in [0.2, 0.25) is 5.95 Å². The van der Waals surface area contributed by atoms with Crippen molar-refractivity contribution < 1.29 is 0 Å². The zero-order chi connectivity index (χ0) is 15.1. The third kappa shape index (κ3) is 5.00. The molecule has 1 fully saturated rings. The quantitative estimate of drug-likeness (QED) is 0.772. The summed E-state index contributed by atoms with van der Waals surface area (Å²) in [6, 6.07) is 0.745. The van der Waals surface area contributed by atoms with Gasteiger partial charge in [-0.2, -0.15) is 4.98 Å². The van der Waals surface area contributed by atoms with Crippen LogP contribution in [0.4, 0.5) is 11.8 Å². The molecule has 0 unspecified atom stereocenters. The standard InChI is InChI=1S/C15H26ClN5/c1-3-8-18-15-19-11-13(16)14(20-15)17-9-10-21(2)12-6-4-5-7-12/h11-12H,3-10H2,1-2H3,(H2,17,18,19,20). The van der Waals surface area contributed by atoms with Gasteiger partial charge < -0.3 is 15.5 Å². The predicted octanol–water partition coefficient (Wildman–Crippen LogP) is 3.24. The van der Waals surface area contributed by atoms with E-state index in [2.05, 4.69) is 39.5 Å². The van der Waals surface area contributed by atoms with Crippen molar-refractivity contribution in [2.24, 2.45) is 0 Å². The first-order chi connectivity index (χ1) is 10.2. The molecule has 1 aliphatic rings. The van der Waals surface area contributed by atoms with Gasteiger partial charge in [-0.25, -0.2) is 4.98 Å². The van der Waals surface area contributed by atoms with Gasteiger partial charge in [-0.3, -0.25) is 0 Å². The van der Waals surface area contributed by atoms with E-state index in [0.29, 0.717) is 16.8 Å². The van der Waals surface area contributed by atoms with E-state index in [9.17, 15) is 0 Å². The SMILES string of the molecule is CCCNc1ncc(Cl)c(NCCN(C)C2CCCC2)n1. The van der Waals surface area contributed by atoms with Crippen LogP contribution in [0.5, 0.6) is 0 Å². The fourth-order valence-electron chi connectivity index (χ4n) is 2.69. The second-order valence-electron chi connectivity index (χ2n) is 5.66. The molecule has 0 aliphatic heterocycles. The first-order valence-electron chi connectivity index (χ1n) is 7.91. The lowest BCUT2D eigenvalue weighted by molar-refractivity contribution is 0.254. The lowest BCUT2D eigenvalue weighted by Crippen LogP contribution is -2.33. The van der Waals surface area contributed by atoms with E-state index in [0.717, 1.165) is 32.1 Å². The summed E-state index contributed by atoms with van der Waals surface area (Å²) in [6.45, 7) is 4.83. The summed E-state index contributed by atoms with van der Waals surface area (Å²) in [5.74, 6) is 1.35. The Morgan fingerprint density at radius 3 is 2.76 bits per heavy atom. The number of hydrogen-bond donors (Lipinski definition) is 2. The van der Waals surface area contributed by atoms with E-state index in [-0.39, 0.29) is 0 Å². The third-order valence-corrected chi connectivity index (χ3v) is 4.26. The molecule has 118 valence electrons. The largest absolute Gasteiger partial charge is 0.367 e. The number of hydrogen-bond acceptors (Lipinski definition) is 5. The van der Waals surface area contributed by atoms with Crippen LogP contribution in [-0.4, -0.2) is 47.6 Å². The molecule has 0 bridgehead atoms. The summed E-state index contributed by atoms with van der Waals surface area (Å²) < 4.78 is 0. The molecule has 0 radical (unpaired) electrons. The van der Waals surface area contributed by atoms with Crippen LogP contribution in [-0.2, 0) is 0 Å². The molecule has 2 rings (SSSR count). The molecule has 0 amide bonds. The lowest BCUT2D eigenvalue weighted by atomic mass is 10.2. The number of halogens is 1. The van der Waals surface area contributed by atoms with Crippen LogP contribution in [0.2, 0.25) is 5.02 Å². The molecule has 21 heavy (non-hydrogen) atoms. The molecule has 6 heteroatoms. The van der Waals surface area contributed by atoms with Crippen molar-refractivity contribution in [2.75, 3.05) is 37.3 Å². The molecule has 2 N–H and O–H groups in total. The smallest absolute Gasteiger partial charge is 0.224 e. The minimum absolute atomic E-state index is 0.570. The highest BCUT2D eigenvalue weighted by atomic mass is 35.5. The van der Waals surface area contributed by atoms with E-state index in [1.54, 1.807) is 6.20 Å². The van der Waals surface area contributed by atoms with Gasteiger partial charge in [0.05, 0.1) is 6.20 Å². The van der Waals surface area contributed by atoms with Crippen LogP contribution in [0.1, 0.15) is 39.0 Å². The van der Waals surface area contributed by atoms with Crippen molar-refractivity contribution in [1.29, 1.82) is 0 Å². The lowest BCUT2D eigenvalue weighted by Gasteiger charge is -2.24. The number of nitrogens with zero attached hydrogens (tertiary/aromatic N) is 3. The average molecular weight is 312 g/mol. The maximum atomic E-state index is 6.14. The Morgan fingerprint density at radius 2 is 2.05 bits per heavy atom. The van der Waals surface area contributed by atoms with Crippen molar-refractivity contribution in [2.45, 2.75) is 45.1 Å². The van der Waals surface area contributed by atoms with Gasteiger partial charge in [0.15, 0.2) is 5.82 Å². The second kappa shape index (κ2) is 8.39. The molecule has 0 atom stereocenters. The van der Waals surface area contributed by atoms with Gasteiger partial charge in [-0.15, -0.1) is 0 Å². The van der Waals surface area contributed by atoms with Gasteiger partial charge in [-0.05, 0) is 26.3 Å². The van der Waals surface area contributed by atoms with Crippen molar-refractivity contribution in [1.82, 2.24) is 14.9 Å². The van der Waals surface area contributed by atoms with E-state index >= 15 is 0 Å². The summed E-state index contributed by atoms with van der Waals surface area (Å²) in [7, 11) is 2.20. The van der Waals surface area contributed by atoms with Crippen molar-refractivity contribution >= 4 is 23.4 Å². The fraction of sp³-hybridized carbons (Fsp3) is 0.733. The van der Waals surface area contributed by atoms with E-state index < -0.39 is 0 Å². The monoisotopic (exact) mass is 311 g/mol. The molecule has 1 aliphatic carbocycles. The van der Waals surface area contributed by atoms with Gasteiger partial charge in [0.1, 0.15) is 5.02 Å². The summed E-state index contributed by atoms with van der Waals surface area (Å²) in [4.78, 5) is 11.0. The third-order valence-electron chi connectivity index (χ3n) is 3.98. The second-order valence-corrected chi connectivity index (χ2v) is 6.07. The fourth-order valence-corrected chi connectivity index (χ4v) is 2.85. The van der Waals surface area contributed by atoms with Gasteiger partial charge in [0.25, 0.3) is 0 Å². The van der Waals surface area contributed by atoms with Crippen LogP contribution in [0, 0.1) is 0 Å². The molecule has 0 saturated heterocycles. The van der Waals surface area contributed by atoms with Crippen LogP contribution < -0.4 is 10.6 Å². The Balaban J connectivity index is 1.81. The number of anilines is 2. The Bertz CT molecular complexity index is 434. The number of likely N-dealkylation sites (N-methyl/N-ethyl adjacent to an activating group) is 1. The van der Waals surface area contributed by atoms with Crippen molar-refractivity contribution in [3.05, 3.63) is 11.2 Å². The predicted molar refractivity (Wildman–Crippen MR) is 89.2 cm³/mol. The molecule has 1 heterocycles. The zero-order valence-electron chi connectivity index (χ0n) is 13.0. The van der Waals surface area contributed by atoms with Crippen LogP contribution in [0.15, 0.2) is 6.20 Å². The Labute approximate surface area is 132 Å². The number of aromatic nitrogens is 2. The number of nitrogens with one attached hydrogen (secondary N) is 2. The summed E-state index contributed by atoms with van der Waals surface area (Å²) in [5, 5.41) is 7.06. The normalized spacial score (nSPS) is 15.6. The van der Waals surface area contributed by atoms with Crippen LogP contribution >= 0.6 is 11.6 Å². The van der Waals surface area contributed by atoms with Crippen LogP contribution in [0.25, 0.3) is 0 Å². The highest BCUT2D eigenvalue weighted by Gasteiger charge is 2.18. The molecule has 0 spiro atoms. The number of rotatable bonds is 8. The maximum absolute atomic E-state index is 6.14. The first kappa shape index (κ1) is 16.3. The summed E-state index contributed by atoms with van der Waals surface area (Å²) >= 11 is 6.14. The van der Waals surface area contributed by atoms with Crippen molar-refractivity contribution in [3.8, 4) is 0 Å². The van der Waals surface area contributed by atoms with Gasteiger partial charge in [-0.1, -0.05) is 31.4 Å². The molecule has 1 saturated carbocycles. The molecule has 5 nitrogen and oxygen atoms in total. The maximum Gasteiger partial charge on any atom is 0.224 e. The Morgan fingerprint density at radius 1 is 1.29 bits per heavy atom. The Kier molecular flexibility index (Phi) is 6.51. The first-order valence-corrected chi connectivity index (χ1v) is 8.29.